The average Bonchev–Trinajstić information content (AvgIpc) is 2.87. The van der Waals surface area contributed by atoms with E-state index in [0.29, 0.717) is 11.6 Å². The van der Waals surface area contributed by atoms with Crippen molar-refractivity contribution >= 4 is 12.2 Å². The second kappa shape index (κ2) is 3.68. The minimum atomic E-state index is 0.311. The fraction of sp³-hybridized carbons (Fsp3) is 0.182. The van der Waals surface area contributed by atoms with Crippen molar-refractivity contribution in [2.75, 3.05) is 6.79 Å². The quantitative estimate of drug-likeness (QED) is 0.784. The Morgan fingerprint density at radius 2 is 2.12 bits per heavy atom. The van der Waals surface area contributed by atoms with E-state index in [9.17, 15) is 0 Å². The minimum Gasteiger partial charge on any atom is -0.454 e. The Kier molecular flexibility index (Phi) is 2.18. The number of nitrogens with one attached hydrogen (secondary N) is 2. The van der Waals surface area contributed by atoms with Gasteiger partial charge in [0.1, 0.15) is 0 Å². The highest BCUT2D eigenvalue weighted by Crippen LogP contribution is 2.32. The normalized spacial score (nSPS) is 13.0. The predicted molar refractivity (Wildman–Crippen MR) is 61.3 cm³/mol. The number of hydrogen-bond donors (Lipinski definition) is 2. The van der Waals surface area contributed by atoms with Gasteiger partial charge in [0.15, 0.2) is 16.3 Å². The fourth-order valence-electron chi connectivity index (χ4n) is 1.74. The van der Waals surface area contributed by atoms with Gasteiger partial charge in [-0.25, -0.2) is 0 Å². The van der Waals surface area contributed by atoms with Gasteiger partial charge in [0.05, 0.1) is 0 Å². The van der Waals surface area contributed by atoms with E-state index in [4.69, 9.17) is 21.7 Å². The molecule has 0 saturated heterocycles. The van der Waals surface area contributed by atoms with Crippen molar-refractivity contribution < 1.29 is 9.47 Å². The van der Waals surface area contributed by atoms with Crippen molar-refractivity contribution in [2.45, 2.75) is 6.42 Å². The van der Waals surface area contributed by atoms with Crippen molar-refractivity contribution in [3.8, 4) is 11.5 Å². The second-order valence-electron chi connectivity index (χ2n) is 3.63. The van der Waals surface area contributed by atoms with Crippen LogP contribution in [0.5, 0.6) is 11.5 Å². The molecule has 82 valence electrons. The zero-order valence-electron chi connectivity index (χ0n) is 8.45. The molecule has 0 atom stereocenters. The molecule has 0 saturated carbocycles. The molecular formula is C11H10N2O2S. The van der Waals surface area contributed by atoms with Gasteiger partial charge >= 0.3 is 0 Å². The lowest BCUT2D eigenvalue weighted by Crippen LogP contribution is -1.93. The number of ether oxygens (including phenoxy) is 2. The van der Waals surface area contributed by atoms with Crippen LogP contribution in [0.15, 0.2) is 24.4 Å². The first-order valence-corrected chi connectivity index (χ1v) is 5.37. The third kappa shape index (κ3) is 1.69. The monoisotopic (exact) mass is 234 g/mol. The number of aromatic amines is 2. The number of hydrogen-bond acceptors (Lipinski definition) is 3. The molecule has 2 aromatic rings. The number of imidazole rings is 1. The van der Waals surface area contributed by atoms with E-state index in [1.165, 1.54) is 0 Å². The van der Waals surface area contributed by atoms with Gasteiger partial charge in [0.25, 0.3) is 0 Å². The maximum atomic E-state index is 5.32. The summed E-state index contributed by atoms with van der Waals surface area (Å²) in [4.78, 5) is 6.02. The Morgan fingerprint density at radius 1 is 1.25 bits per heavy atom. The first kappa shape index (κ1) is 9.47. The summed E-state index contributed by atoms with van der Waals surface area (Å²) in [5.74, 6) is 1.62. The van der Waals surface area contributed by atoms with Gasteiger partial charge in [-0.2, -0.15) is 0 Å². The average molecular weight is 234 g/mol. The molecule has 0 spiro atoms. The largest absolute Gasteiger partial charge is 0.454 e. The van der Waals surface area contributed by atoms with E-state index in [1.807, 2.05) is 24.4 Å². The Hall–Kier alpha value is -1.75. The molecule has 0 unspecified atom stereocenters. The molecule has 1 aromatic carbocycles. The molecule has 1 aromatic heterocycles. The fourth-order valence-corrected chi connectivity index (χ4v) is 1.93. The first-order chi connectivity index (χ1) is 7.81. The lowest BCUT2D eigenvalue weighted by Gasteiger charge is -2.00. The number of aromatic nitrogens is 2. The lowest BCUT2D eigenvalue weighted by atomic mass is 10.1. The van der Waals surface area contributed by atoms with Gasteiger partial charge in [0, 0.05) is 18.3 Å². The molecule has 0 bridgehead atoms. The highest BCUT2D eigenvalue weighted by molar-refractivity contribution is 7.71. The van der Waals surface area contributed by atoms with Gasteiger partial charge in [-0.15, -0.1) is 0 Å². The highest BCUT2D eigenvalue weighted by atomic mass is 32.1. The van der Waals surface area contributed by atoms with Crippen LogP contribution in [-0.4, -0.2) is 16.8 Å². The van der Waals surface area contributed by atoms with Crippen LogP contribution in [0.3, 0.4) is 0 Å². The standard InChI is InChI=1S/C11H10N2O2S/c16-11-12-5-8(13-11)3-7-1-2-9-10(4-7)15-6-14-9/h1-2,4-5H,3,6H2,(H2,12,13,16). The van der Waals surface area contributed by atoms with Crippen LogP contribution in [0, 0.1) is 4.77 Å². The molecule has 2 heterocycles. The predicted octanol–water partition coefficient (Wildman–Crippen LogP) is 2.39. The molecule has 5 heteroatoms. The summed E-state index contributed by atoms with van der Waals surface area (Å²) in [6, 6.07) is 5.95. The zero-order valence-corrected chi connectivity index (χ0v) is 9.26. The topological polar surface area (TPSA) is 50.0 Å². The van der Waals surface area contributed by atoms with Crippen molar-refractivity contribution in [1.82, 2.24) is 9.97 Å². The van der Waals surface area contributed by atoms with Crippen LogP contribution < -0.4 is 9.47 Å². The summed E-state index contributed by atoms with van der Waals surface area (Å²) in [6.07, 6.45) is 2.68. The molecule has 0 aliphatic carbocycles. The smallest absolute Gasteiger partial charge is 0.231 e. The maximum absolute atomic E-state index is 5.32. The van der Waals surface area contributed by atoms with E-state index in [2.05, 4.69) is 9.97 Å². The first-order valence-electron chi connectivity index (χ1n) is 4.96. The van der Waals surface area contributed by atoms with Gasteiger partial charge < -0.3 is 19.4 Å². The van der Waals surface area contributed by atoms with Gasteiger partial charge in [-0.05, 0) is 29.9 Å². The molecule has 16 heavy (non-hydrogen) atoms. The maximum Gasteiger partial charge on any atom is 0.231 e. The van der Waals surface area contributed by atoms with Crippen molar-refractivity contribution in [1.29, 1.82) is 0 Å². The number of fused-ring (bicyclic) bond motifs is 1. The minimum absolute atomic E-state index is 0.311. The molecular weight excluding hydrogens is 224 g/mol. The summed E-state index contributed by atoms with van der Waals surface area (Å²) >= 11 is 4.97. The van der Waals surface area contributed by atoms with Crippen LogP contribution in [0.1, 0.15) is 11.3 Å². The summed E-state index contributed by atoms with van der Waals surface area (Å²) in [6.45, 7) is 0.311. The van der Waals surface area contributed by atoms with E-state index in [-0.39, 0.29) is 0 Å². The van der Waals surface area contributed by atoms with E-state index >= 15 is 0 Å². The molecule has 1 aliphatic heterocycles. The van der Waals surface area contributed by atoms with Crippen molar-refractivity contribution in [2.24, 2.45) is 0 Å². The Labute approximate surface area is 97.2 Å². The van der Waals surface area contributed by atoms with E-state index in [0.717, 1.165) is 29.2 Å². The number of rotatable bonds is 2. The van der Waals surface area contributed by atoms with Crippen LogP contribution in [0.2, 0.25) is 0 Å². The SMILES string of the molecule is S=c1[nH]cc(Cc2ccc3c(c2)OCO3)[nH]1. The summed E-state index contributed by atoms with van der Waals surface area (Å²) in [5.41, 5.74) is 2.22. The summed E-state index contributed by atoms with van der Waals surface area (Å²) in [7, 11) is 0. The number of H-pyrrole nitrogens is 2. The second-order valence-corrected chi connectivity index (χ2v) is 4.04. The van der Waals surface area contributed by atoms with Crippen molar-refractivity contribution in [3.05, 3.63) is 40.4 Å². The lowest BCUT2D eigenvalue weighted by molar-refractivity contribution is 0.174. The highest BCUT2D eigenvalue weighted by Gasteiger charge is 2.13. The van der Waals surface area contributed by atoms with Gasteiger partial charge in [0.2, 0.25) is 6.79 Å². The summed E-state index contributed by atoms with van der Waals surface area (Å²) < 4.78 is 11.2. The summed E-state index contributed by atoms with van der Waals surface area (Å²) in [5, 5.41) is 0. The van der Waals surface area contributed by atoms with Gasteiger partial charge in [-0.3, -0.25) is 0 Å². The molecule has 1 aliphatic rings. The van der Waals surface area contributed by atoms with Gasteiger partial charge in [-0.1, -0.05) is 6.07 Å². The molecule has 2 N–H and O–H groups in total. The Bertz CT molecular complexity index is 573. The third-order valence-electron chi connectivity index (χ3n) is 2.48. The Morgan fingerprint density at radius 3 is 2.94 bits per heavy atom. The molecule has 0 fully saturated rings. The molecule has 0 amide bonds. The molecule has 3 rings (SSSR count). The van der Waals surface area contributed by atoms with E-state index < -0.39 is 0 Å². The third-order valence-corrected chi connectivity index (χ3v) is 2.70. The van der Waals surface area contributed by atoms with E-state index in [1.54, 1.807) is 0 Å². The number of benzene rings is 1. The van der Waals surface area contributed by atoms with Crippen LogP contribution in [-0.2, 0) is 6.42 Å². The van der Waals surface area contributed by atoms with Crippen LogP contribution in [0.25, 0.3) is 0 Å². The molecule has 4 nitrogen and oxygen atoms in total. The zero-order chi connectivity index (χ0) is 11.0. The van der Waals surface area contributed by atoms with Crippen LogP contribution in [0.4, 0.5) is 0 Å². The Balaban J connectivity index is 1.88. The molecule has 0 radical (unpaired) electrons. The van der Waals surface area contributed by atoms with Crippen molar-refractivity contribution in [3.63, 3.8) is 0 Å². The van der Waals surface area contributed by atoms with Crippen LogP contribution >= 0.6 is 12.2 Å².